The zero-order valence-corrected chi connectivity index (χ0v) is 13.3. The topological polar surface area (TPSA) is 68.5 Å². The number of aromatic nitrogens is 3. The summed E-state index contributed by atoms with van der Waals surface area (Å²) in [7, 11) is 3.19. The molecule has 0 fully saturated rings. The zero-order valence-electron chi connectivity index (χ0n) is 12.5. The van der Waals surface area contributed by atoms with Gasteiger partial charge in [-0.05, 0) is 38.9 Å². The Morgan fingerprint density at radius 1 is 1.48 bits per heavy atom. The predicted octanol–water partition coefficient (Wildman–Crippen LogP) is 1.75. The minimum atomic E-state index is -0.637. The van der Waals surface area contributed by atoms with Crippen molar-refractivity contribution in [2.45, 2.75) is 30.5 Å². The smallest absolute Gasteiger partial charge is 0.325 e. The van der Waals surface area contributed by atoms with Crippen LogP contribution in [-0.4, -0.2) is 46.0 Å². The van der Waals surface area contributed by atoms with Gasteiger partial charge in [0.25, 0.3) is 0 Å². The van der Waals surface area contributed by atoms with Gasteiger partial charge in [0.05, 0.1) is 7.11 Å². The van der Waals surface area contributed by atoms with Crippen LogP contribution >= 0.6 is 11.8 Å². The minimum absolute atomic E-state index is 0.233. The first kappa shape index (κ1) is 15.8. The van der Waals surface area contributed by atoms with E-state index < -0.39 is 5.54 Å². The molecule has 0 radical (unpaired) electrons. The van der Waals surface area contributed by atoms with Crippen LogP contribution in [0.1, 0.15) is 19.8 Å². The van der Waals surface area contributed by atoms with Crippen LogP contribution in [0.4, 0.5) is 0 Å². The van der Waals surface area contributed by atoms with Crippen molar-refractivity contribution >= 4 is 23.4 Å². The van der Waals surface area contributed by atoms with Gasteiger partial charge in [0.2, 0.25) is 0 Å². The highest BCUT2D eigenvalue weighted by atomic mass is 32.2. The van der Waals surface area contributed by atoms with Crippen LogP contribution < -0.4 is 5.32 Å². The van der Waals surface area contributed by atoms with Crippen LogP contribution in [0.3, 0.4) is 0 Å². The summed E-state index contributed by atoms with van der Waals surface area (Å²) in [6.07, 6.45) is 3.53. The highest BCUT2D eigenvalue weighted by Crippen LogP contribution is 2.21. The molecular formula is C14H20N4O2S. The molecule has 1 atom stereocenters. The highest BCUT2D eigenvalue weighted by molar-refractivity contribution is 7.99. The Morgan fingerprint density at radius 3 is 3.00 bits per heavy atom. The van der Waals surface area contributed by atoms with Crippen molar-refractivity contribution in [2.75, 3.05) is 19.9 Å². The minimum Gasteiger partial charge on any atom is -0.468 e. The number of thioether (sulfide) groups is 1. The molecule has 0 saturated carbocycles. The molecule has 1 N–H and O–H groups in total. The lowest BCUT2D eigenvalue weighted by atomic mass is 9.97. The van der Waals surface area contributed by atoms with Crippen LogP contribution in [0.15, 0.2) is 29.6 Å². The van der Waals surface area contributed by atoms with Crippen molar-refractivity contribution in [2.24, 2.45) is 0 Å². The maximum atomic E-state index is 11.7. The third-order valence-electron chi connectivity index (χ3n) is 3.52. The monoisotopic (exact) mass is 308 g/mol. The quantitative estimate of drug-likeness (QED) is 0.477. The third-order valence-corrected chi connectivity index (χ3v) is 4.55. The standard InChI is InChI=1S/C14H20N4O2S/c1-14(15-2,12(19)20-3)8-6-10-21-13-17-16-11-7-4-5-9-18(11)13/h4-5,7,9,15H,6,8,10H2,1-3H3. The number of rotatable bonds is 7. The molecule has 0 aliphatic carbocycles. The third kappa shape index (κ3) is 3.54. The Balaban J connectivity index is 1.88. The molecule has 114 valence electrons. The first-order valence-electron chi connectivity index (χ1n) is 6.80. The number of carbonyl (C=O) groups excluding carboxylic acids is 1. The number of nitrogens with zero attached hydrogens (tertiary/aromatic N) is 3. The molecule has 0 bridgehead atoms. The molecule has 0 amide bonds. The van der Waals surface area contributed by atoms with E-state index >= 15 is 0 Å². The number of esters is 1. The lowest BCUT2D eigenvalue weighted by Gasteiger charge is -2.25. The highest BCUT2D eigenvalue weighted by Gasteiger charge is 2.31. The van der Waals surface area contributed by atoms with Gasteiger partial charge in [0, 0.05) is 11.9 Å². The molecular weight excluding hydrogens is 288 g/mol. The number of methoxy groups -OCH3 is 1. The molecule has 6 nitrogen and oxygen atoms in total. The first-order valence-corrected chi connectivity index (χ1v) is 7.79. The van der Waals surface area contributed by atoms with Gasteiger partial charge in [-0.3, -0.25) is 9.20 Å². The van der Waals surface area contributed by atoms with Crippen LogP contribution in [0.25, 0.3) is 5.65 Å². The molecule has 0 spiro atoms. The van der Waals surface area contributed by atoms with Gasteiger partial charge in [-0.2, -0.15) is 0 Å². The van der Waals surface area contributed by atoms with Crippen LogP contribution in [0, 0.1) is 0 Å². The maximum absolute atomic E-state index is 11.7. The van der Waals surface area contributed by atoms with Crippen molar-refractivity contribution in [3.8, 4) is 0 Å². The summed E-state index contributed by atoms with van der Waals surface area (Å²) in [6.45, 7) is 1.86. The number of nitrogens with one attached hydrogen (secondary N) is 1. The summed E-state index contributed by atoms with van der Waals surface area (Å²) in [6, 6.07) is 5.81. The average molecular weight is 308 g/mol. The van der Waals surface area contributed by atoms with E-state index in [1.807, 2.05) is 35.7 Å². The molecule has 1 unspecified atom stereocenters. The fourth-order valence-corrected chi connectivity index (χ4v) is 2.92. The Kier molecular flexibility index (Phi) is 5.19. The first-order chi connectivity index (χ1) is 10.1. The number of pyridine rings is 1. The van der Waals surface area contributed by atoms with E-state index in [1.54, 1.807) is 18.8 Å². The number of ether oxygens (including phenoxy) is 1. The largest absolute Gasteiger partial charge is 0.468 e. The molecule has 0 saturated heterocycles. The molecule has 2 aromatic heterocycles. The summed E-state index contributed by atoms with van der Waals surface area (Å²) in [5.41, 5.74) is 0.206. The molecule has 2 aromatic rings. The average Bonchev–Trinajstić information content (AvgIpc) is 2.93. The van der Waals surface area contributed by atoms with E-state index in [0.717, 1.165) is 23.0 Å². The molecule has 21 heavy (non-hydrogen) atoms. The van der Waals surface area contributed by atoms with Crippen LogP contribution in [0.5, 0.6) is 0 Å². The number of likely N-dealkylation sites (N-methyl/N-ethyl adjacent to an activating group) is 1. The summed E-state index contributed by atoms with van der Waals surface area (Å²) in [5.74, 6) is 0.632. The van der Waals surface area contributed by atoms with Crippen LogP contribution in [0.2, 0.25) is 0 Å². The van der Waals surface area contributed by atoms with E-state index in [9.17, 15) is 4.79 Å². The van der Waals surface area contributed by atoms with E-state index in [0.29, 0.717) is 6.42 Å². The number of fused-ring (bicyclic) bond motifs is 1. The number of hydrogen-bond donors (Lipinski definition) is 1. The second-order valence-corrected chi connectivity index (χ2v) is 6.00. The summed E-state index contributed by atoms with van der Waals surface area (Å²) in [5, 5.41) is 12.2. The zero-order chi connectivity index (χ0) is 15.3. The van der Waals surface area contributed by atoms with Crippen molar-refractivity contribution in [3.63, 3.8) is 0 Å². The lowest BCUT2D eigenvalue weighted by Crippen LogP contribution is -2.48. The fraction of sp³-hybridized carbons (Fsp3) is 0.500. The fourth-order valence-electron chi connectivity index (χ4n) is 2.06. The number of carbonyl (C=O) groups is 1. The Morgan fingerprint density at radius 2 is 2.29 bits per heavy atom. The molecule has 2 rings (SSSR count). The van der Waals surface area contributed by atoms with Crippen LogP contribution in [-0.2, 0) is 9.53 Å². The normalized spacial score (nSPS) is 14.0. The van der Waals surface area contributed by atoms with E-state index in [4.69, 9.17) is 4.74 Å². The van der Waals surface area contributed by atoms with Crippen molar-refractivity contribution in [1.29, 1.82) is 0 Å². The van der Waals surface area contributed by atoms with Gasteiger partial charge in [-0.1, -0.05) is 17.8 Å². The van der Waals surface area contributed by atoms with Gasteiger partial charge in [-0.15, -0.1) is 10.2 Å². The molecule has 0 aromatic carbocycles. The van der Waals surface area contributed by atoms with Crippen molar-refractivity contribution < 1.29 is 9.53 Å². The van der Waals surface area contributed by atoms with E-state index in [-0.39, 0.29) is 5.97 Å². The summed E-state index contributed by atoms with van der Waals surface area (Å²) < 4.78 is 6.79. The van der Waals surface area contributed by atoms with Gasteiger partial charge in [0.15, 0.2) is 10.8 Å². The second-order valence-electron chi connectivity index (χ2n) is 4.94. The van der Waals surface area contributed by atoms with Gasteiger partial charge < -0.3 is 10.1 Å². The predicted molar refractivity (Wildman–Crippen MR) is 82.4 cm³/mol. The lowest BCUT2D eigenvalue weighted by molar-refractivity contribution is -0.148. The van der Waals surface area contributed by atoms with Gasteiger partial charge in [-0.25, -0.2) is 0 Å². The van der Waals surface area contributed by atoms with Gasteiger partial charge in [0.1, 0.15) is 5.54 Å². The Bertz CT molecular complexity index is 616. The summed E-state index contributed by atoms with van der Waals surface area (Å²) >= 11 is 1.64. The maximum Gasteiger partial charge on any atom is 0.325 e. The van der Waals surface area contributed by atoms with E-state index in [2.05, 4.69) is 15.5 Å². The van der Waals surface area contributed by atoms with Crippen molar-refractivity contribution in [3.05, 3.63) is 24.4 Å². The molecule has 0 aliphatic heterocycles. The van der Waals surface area contributed by atoms with Gasteiger partial charge >= 0.3 is 5.97 Å². The Labute approximate surface area is 128 Å². The number of hydrogen-bond acceptors (Lipinski definition) is 6. The molecule has 0 aliphatic rings. The SMILES string of the molecule is CNC(C)(CCCSc1nnc2ccccn12)C(=O)OC. The Hall–Kier alpha value is -1.60. The van der Waals surface area contributed by atoms with E-state index in [1.165, 1.54) is 7.11 Å². The van der Waals surface area contributed by atoms with Crippen molar-refractivity contribution in [1.82, 2.24) is 19.9 Å². The second kappa shape index (κ2) is 6.91. The molecule has 7 heteroatoms. The summed E-state index contributed by atoms with van der Waals surface area (Å²) in [4.78, 5) is 11.7. The molecule has 2 heterocycles.